The molecule has 2 aliphatic rings. The fourth-order valence-corrected chi connectivity index (χ4v) is 3.71. The van der Waals surface area contributed by atoms with Crippen LogP contribution in [0.1, 0.15) is 30.4 Å². The predicted molar refractivity (Wildman–Crippen MR) is 93.7 cm³/mol. The molecule has 4 nitrogen and oxygen atoms in total. The number of fused-ring (bicyclic) bond motifs is 1. The lowest BCUT2D eigenvalue weighted by Gasteiger charge is -2.20. The molecule has 126 valence electrons. The standard InChI is InChI=1S/C20H18FN3O/c1-23-17-6-3-7-18(17)24(20(23)25)19-11-10-15(13-22-19)9-8-14-4-2-5-16(21)12-14/h2,4-5,10-13,17-18H,3,6-7H2,1H3. The Labute approximate surface area is 146 Å². The van der Waals surface area contributed by atoms with Crippen molar-refractivity contribution in [3.8, 4) is 11.8 Å². The minimum absolute atomic E-state index is 0.0146. The highest BCUT2D eigenvalue weighted by Crippen LogP contribution is 2.36. The number of carbonyl (C=O) groups is 1. The van der Waals surface area contributed by atoms with Crippen LogP contribution in [0, 0.1) is 17.7 Å². The van der Waals surface area contributed by atoms with E-state index in [2.05, 4.69) is 16.8 Å². The number of benzene rings is 1. The highest BCUT2D eigenvalue weighted by atomic mass is 19.1. The van der Waals surface area contributed by atoms with Gasteiger partial charge in [0.1, 0.15) is 11.6 Å². The molecule has 0 N–H and O–H groups in total. The van der Waals surface area contributed by atoms with Gasteiger partial charge in [-0.2, -0.15) is 0 Å². The molecule has 25 heavy (non-hydrogen) atoms. The Morgan fingerprint density at radius 2 is 1.92 bits per heavy atom. The van der Waals surface area contributed by atoms with E-state index in [4.69, 9.17) is 0 Å². The van der Waals surface area contributed by atoms with Crippen LogP contribution in [0.5, 0.6) is 0 Å². The number of rotatable bonds is 1. The van der Waals surface area contributed by atoms with E-state index in [0.717, 1.165) is 24.8 Å². The molecule has 1 aromatic heterocycles. The largest absolute Gasteiger partial charge is 0.326 e. The Bertz CT molecular complexity index is 869. The summed E-state index contributed by atoms with van der Waals surface area (Å²) in [6.45, 7) is 0. The zero-order chi connectivity index (χ0) is 17.4. The molecule has 2 atom stereocenters. The van der Waals surface area contributed by atoms with Crippen LogP contribution >= 0.6 is 0 Å². The Kier molecular flexibility index (Phi) is 3.89. The van der Waals surface area contributed by atoms with Crippen molar-refractivity contribution in [3.05, 3.63) is 59.5 Å². The van der Waals surface area contributed by atoms with Gasteiger partial charge < -0.3 is 4.90 Å². The number of aromatic nitrogens is 1. The SMILES string of the molecule is CN1C(=O)N(c2ccc(C#Cc3cccc(F)c3)cn2)C2CCCC21. The number of hydrogen-bond acceptors (Lipinski definition) is 2. The predicted octanol–water partition coefficient (Wildman–Crippen LogP) is 3.41. The van der Waals surface area contributed by atoms with Crippen LogP contribution in [0.15, 0.2) is 42.6 Å². The van der Waals surface area contributed by atoms with Crippen molar-refractivity contribution in [2.45, 2.75) is 31.3 Å². The van der Waals surface area contributed by atoms with Crippen LogP contribution in [-0.4, -0.2) is 35.0 Å². The quantitative estimate of drug-likeness (QED) is 0.749. The summed E-state index contributed by atoms with van der Waals surface area (Å²) in [5, 5.41) is 0. The van der Waals surface area contributed by atoms with Gasteiger partial charge in [0.2, 0.25) is 0 Å². The van der Waals surface area contributed by atoms with Crippen molar-refractivity contribution in [1.29, 1.82) is 0 Å². The second kappa shape index (κ2) is 6.21. The number of amides is 2. The van der Waals surface area contributed by atoms with E-state index in [1.54, 1.807) is 23.2 Å². The summed E-state index contributed by atoms with van der Waals surface area (Å²) in [4.78, 5) is 20.6. The Balaban J connectivity index is 1.56. The third-order valence-corrected chi connectivity index (χ3v) is 4.95. The lowest BCUT2D eigenvalue weighted by Crippen LogP contribution is -2.34. The average Bonchev–Trinajstić information content (AvgIpc) is 3.17. The normalized spacial score (nSPS) is 21.9. The van der Waals surface area contributed by atoms with E-state index in [-0.39, 0.29) is 17.9 Å². The van der Waals surface area contributed by atoms with Gasteiger partial charge in [-0.25, -0.2) is 14.2 Å². The monoisotopic (exact) mass is 335 g/mol. The second-order valence-corrected chi connectivity index (χ2v) is 6.49. The van der Waals surface area contributed by atoms with Crippen LogP contribution in [-0.2, 0) is 0 Å². The van der Waals surface area contributed by atoms with Crippen molar-refractivity contribution in [2.75, 3.05) is 11.9 Å². The van der Waals surface area contributed by atoms with E-state index in [9.17, 15) is 9.18 Å². The van der Waals surface area contributed by atoms with E-state index >= 15 is 0 Å². The van der Waals surface area contributed by atoms with Gasteiger partial charge in [-0.15, -0.1) is 0 Å². The van der Waals surface area contributed by atoms with Crippen LogP contribution in [0.4, 0.5) is 15.0 Å². The molecule has 2 aromatic rings. The van der Waals surface area contributed by atoms with Crippen molar-refractivity contribution >= 4 is 11.8 Å². The molecule has 2 fully saturated rings. The molecule has 1 saturated heterocycles. The average molecular weight is 335 g/mol. The molecule has 2 amide bonds. The number of likely N-dealkylation sites (N-methyl/N-ethyl adjacent to an activating group) is 1. The van der Waals surface area contributed by atoms with Gasteiger partial charge in [-0.05, 0) is 49.6 Å². The minimum Gasteiger partial charge on any atom is -0.322 e. The first-order chi connectivity index (χ1) is 12.1. The third-order valence-electron chi connectivity index (χ3n) is 4.95. The van der Waals surface area contributed by atoms with Crippen LogP contribution in [0.2, 0.25) is 0 Å². The highest BCUT2D eigenvalue weighted by Gasteiger charge is 2.47. The summed E-state index contributed by atoms with van der Waals surface area (Å²) in [5.74, 6) is 6.27. The van der Waals surface area contributed by atoms with Crippen LogP contribution < -0.4 is 4.90 Å². The maximum absolute atomic E-state index is 13.2. The summed E-state index contributed by atoms with van der Waals surface area (Å²) < 4.78 is 13.2. The number of carbonyl (C=O) groups excluding carboxylic acids is 1. The molecule has 1 aliphatic heterocycles. The summed E-state index contributed by atoms with van der Waals surface area (Å²) in [6.07, 6.45) is 4.88. The minimum atomic E-state index is -0.303. The van der Waals surface area contributed by atoms with Gasteiger partial charge in [-0.1, -0.05) is 17.9 Å². The molecule has 5 heteroatoms. The van der Waals surface area contributed by atoms with Gasteiger partial charge in [0.05, 0.1) is 12.1 Å². The Hall–Kier alpha value is -2.87. The Morgan fingerprint density at radius 1 is 1.12 bits per heavy atom. The van der Waals surface area contributed by atoms with Crippen molar-refractivity contribution in [2.24, 2.45) is 0 Å². The van der Waals surface area contributed by atoms with Gasteiger partial charge in [-0.3, -0.25) is 4.90 Å². The van der Waals surface area contributed by atoms with Gasteiger partial charge in [0, 0.05) is 24.4 Å². The second-order valence-electron chi connectivity index (χ2n) is 6.49. The summed E-state index contributed by atoms with van der Waals surface area (Å²) in [5.41, 5.74) is 1.35. The number of anilines is 1. The summed E-state index contributed by atoms with van der Waals surface area (Å²) in [7, 11) is 1.87. The first kappa shape index (κ1) is 15.6. The number of pyridine rings is 1. The molecule has 2 heterocycles. The molecule has 1 aromatic carbocycles. The third kappa shape index (κ3) is 2.85. The molecule has 0 radical (unpaired) electrons. The molecular weight excluding hydrogens is 317 g/mol. The van der Waals surface area contributed by atoms with Crippen LogP contribution in [0.25, 0.3) is 0 Å². The number of hydrogen-bond donors (Lipinski definition) is 0. The zero-order valence-corrected chi connectivity index (χ0v) is 13.9. The Morgan fingerprint density at radius 3 is 2.68 bits per heavy atom. The van der Waals surface area contributed by atoms with E-state index in [1.165, 1.54) is 12.1 Å². The number of nitrogens with zero attached hydrogens (tertiary/aromatic N) is 3. The summed E-state index contributed by atoms with van der Waals surface area (Å²) in [6, 6.07) is 10.4. The van der Waals surface area contributed by atoms with Gasteiger partial charge in [0.15, 0.2) is 0 Å². The zero-order valence-electron chi connectivity index (χ0n) is 13.9. The molecule has 0 spiro atoms. The lowest BCUT2D eigenvalue weighted by atomic mass is 10.1. The van der Waals surface area contributed by atoms with E-state index in [1.807, 2.05) is 24.1 Å². The first-order valence-corrected chi connectivity index (χ1v) is 8.43. The maximum Gasteiger partial charge on any atom is 0.326 e. The fraction of sp³-hybridized carbons (Fsp3) is 0.300. The summed E-state index contributed by atoms with van der Waals surface area (Å²) >= 11 is 0. The van der Waals surface area contributed by atoms with Crippen molar-refractivity contribution in [1.82, 2.24) is 9.88 Å². The van der Waals surface area contributed by atoms with E-state index < -0.39 is 0 Å². The van der Waals surface area contributed by atoms with Gasteiger partial charge >= 0.3 is 6.03 Å². The van der Waals surface area contributed by atoms with Gasteiger partial charge in [0.25, 0.3) is 0 Å². The smallest absolute Gasteiger partial charge is 0.322 e. The topological polar surface area (TPSA) is 36.4 Å². The van der Waals surface area contributed by atoms with Crippen LogP contribution in [0.3, 0.4) is 0 Å². The highest BCUT2D eigenvalue weighted by molar-refractivity contribution is 5.94. The molecule has 0 bridgehead atoms. The van der Waals surface area contributed by atoms with E-state index in [0.29, 0.717) is 17.4 Å². The number of urea groups is 1. The number of halogens is 1. The molecule has 4 rings (SSSR count). The first-order valence-electron chi connectivity index (χ1n) is 8.43. The molecular formula is C20H18FN3O. The molecule has 2 unspecified atom stereocenters. The van der Waals surface area contributed by atoms with Crippen molar-refractivity contribution < 1.29 is 9.18 Å². The maximum atomic E-state index is 13.2. The molecule has 1 saturated carbocycles. The fourth-order valence-electron chi connectivity index (χ4n) is 3.71. The molecule has 1 aliphatic carbocycles. The lowest BCUT2D eigenvalue weighted by molar-refractivity contribution is 0.218. The van der Waals surface area contributed by atoms with Crippen molar-refractivity contribution in [3.63, 3.8) is 0 Å².